The third-order valence-electron chi connectivity index (χ3n) is 7.13. The monoisotopic (exact) mass is 377 g/mol. The highest BCUT2D eigenvalue weighted by molar-refractivity contribution is 5.93. The van der Waals surface area contributed by atoms with Crippen molar-refractivity contribution in [3.8, 4) is 11.5 Å². The molecule has 0 aromatic heterocycles. The lowest BCUT2D eigenvalue weighted by Crippen LogP contribution is -2.45. The number of hydrogen-bond acceptors (Lipinski definition) is 2. The summed E-state index contributed by atoms with van der Waals surface area (Å²) >= 11 is 0. The van der Waals surface area contributed by atoms with Gasteiger partial charge in [0.25, 0.3) is 5.91 Å². The first kappa shape index (κ1) is 19.0. The summed E-state index contributed by atoms with van der Waals surface area (Å²) in [7, 11) is 3.52. The van der Waals surface area contributed by atoms with Gasteiger partial charge in [0.15, 0.2) is 0 Å². The molecule has 0 saturated heterocycles. The van der Waals surface area contributed by atoms with Crippen molar-refractivity contribution in [3.63, 3.8) is 0 Å². The van der Waals surface area contributed by atoms with Gasteiger partial charge in [-0.1, -0.05) is 31.9 Å². The van der Waals surface area contributed by atoms with Crippen LogP contribution < -0.4 is 4.74 Å². The van der Waals surface area contributed by atoms with Gasteiger partial charge in [-0.3, -0.25) is 4.79 Å². The quantitative estimate of drug-likeness (QED) is 0.650. The van der Waals surface area contributed by atoms with E-state index in [-0.39, 0.29) is 5.91 Å². The van der Waals surface area contributed by atoms with Crippen molar-refractivity contribution in [2.45, 2.75) is 50.9 Å². The maximum Gasteiger partial charge on any atom is 0.253 e. The maximum absolute atomic E-state index is 12.0. The number of carbonyl (C=O) groups excluding carboxylic acids is 1. The Kier molecular flexibility index (Phi) is 5.18. The molecular weight excluding hydrogens is 346 g/mol. The van der Waals surface area contributed by atoms with Crippen LogP contribution in [0, 0.1) is 11.8 Å². The fraction of sp³-hybridized carbons (Fsp3) is 0.480. The molecule has 2 aliphatic carbocycles. The van der Waals surface area contributed by atoms with Crippen LogP contribution in [0.1, 0.15) is 61.4 Å². The molecule has 0 N–H and O–H groups in total. The maximum atomic E-state index is 12.0. The van der Waals surface area contributed by atoms with Crippen LogP contribution in [0.5, 0.6) is 11.5 Å². The average molecular weight is 378 g/mol. The Morgan fingerprint density at radius 3 is 1.79 bits per heavy atom. The van der Waals surface area contributed by atoms with Gasteiger partial charge in [0, 0.05) is 19.7 Å². The highest BCUT2D eigenvalue weighted by Gasteiger charge is 2.46. The van der Waals surface area contributed by atoms with Crippen LogP contribution in [-0.2, 0) is 5.41 Å². The third-order valence-corrected chi connectivity index (χ3v) is 7.13. The van der Waals surface area contributed by atoms with E-state index >= 15 is 0 Å². The van der Waals surface area contributed by atoms with Crippen LogP contribution in [0.25, 0.3) is 0 Å². The van der Waals surface area contributed by atoms with E-state index in [2.05, 4.69) is 31.2 Å². The van der Waals surface area contributed by atoms with Crippen LogP contribution >= 0.6 is 0 Å². The lowest BCUT2D eigenvalue weighted by atomic mass is 9.53. The fourth-order valence-corrected chi connectivity index (χ4v) is 5.46. The molecule has 2 saturated carbocycles. The molecule has 2 bridgehead atoms. The summed E-state index contributed by atoms with van der Waals surface area (Å²) in [5.41, 5.74) is 2.47. The molecule has 3 heteroatoms. The fourth-order valence-electron chi connectivity index (χ4n) is 5.46. The first-order valence-electron chi connectivity index (χ1n) is 10.6. The Balaban J connectivity index is 1.49. The smallest absolute Gasteiger partial charge is 0.253 e. The molecule has 0 spiro atoms. The highest BCUT2D eigenvalue weighted by atomic mass is 16.5. The Morgan fingerprint density at radius 1 is 0.857 bits per heavy atom. The minimum Gasteiger partial charge on any atom is -0.457 e. The number of ether oxygens (including phenoxy) is 1. The normalized spacial score (nSPS) is 26.5. The zero-order chi connectivity index (χ0) is 19.7. The number of hydrogen-bond donors (Lipinski definition) is 0. The molecule has 0 unspecified atom stereocenters. The Hall–Kier alpha value is -2.29. The topological polar surface area (TPSA) is 29.5 Å². The van der Waals surface area contributed by atoms with Crippen molar-refractivity contribution in [2.75, 3.05) is 14.1 Å². The molecule has 0 heterocycles. The van der Waals surface area contributed by atoms with Gasteiger partial charge < -0.3 is 9.64 Å². The summed E-state index contributed by atoms with van der Waals surface area (Å²) in [6.45, 7) is 2.50. The van der Waals surface area contributed by atoms with Crippen molar-refractivity contribution < 1.29 is 9.53 Å². The number of benzene rings is 2. The van der Waals surface area contributed by atoms with E-state index in [1.807, 2.05) is 24.3 Å². The van der Waals surface area contributed by atoms with Crippen molar-refractivity contribution >= 4 is 5.91 Å². The number of rotatable bonds is 4. The summed E-state index contributed by atoms with van der Waals surface area (Å²) in [6.07, 6.45) is 8.32. The lowest BCUT2D eigenvalue weighted by Gasteiger charge is -2.52. The van der Waals surface area contributed by atoms with E-state index < -0.39 is 0 Å². The summed E-state index contributed by atoms with van der Waals surface area (Å²) in [4.78, 5) is 13.6. The van der Waals surface area contributed by atoms with Gasteiger partial charge in [-0.25, -0.2) is 0 Å². The van der Waals surface area contributed by atoms with Gasteiger partial charge in [-0.2, -0.15) is 0 Å². The van der Waals surface area contributed by atoms with Crippen molar-refractivity contribution in [1.82, 2.24) is 4.90 Å². The molecule has 0 aliphatic heterocycles. The molecule has 3 nitrogen and oxygen atoms in total. The van der Waals surface area contributed by atoms with Crippen LogP contribution in [0.4, 0.5) is 0 Å². The van der Waals surface area contributed by atoms with Gasteiger partial charge in [0.1, 0.15) is 11.5 Å². The first-order chi connectivity index (χ1) is 13.5. The predicted octanol–water partition coefficient (Wildman–Crippen LogP) is 6.04. The largest absolute Gasteiger partial charge is 0.457 e. The predicted molar refractivity (Wildman–Crippen MR) is 113 cm³/mol. The first-order valence-corrected chi connectivity index (χ1v) is 10.6. The SMILES string of the molecule is CN(C)C(=O)c1ccc(Oc2ccc(C3(C)C4CCCC3CCC4)cc2)cc1. The van der Waals surface area contributed by atoms with E-state index in [1.54, 1.807) is 19.0 Å². The molecule has 4 rings (SSSR count). The molecule has 148 valence electrons. The number of carbonyl (C=O) groups is 1. The van der Waals surface area contributed by atoms with Crippen molar-refractivity contribution in [1.29, 1.82) is 0 Å². The highest BCUT2D eigenvalue weighted by Crippen LogP contribution is 2.54. The minimum atomic E-state index is 0.00202. The molecule has 2 fully saturated rings. The summed E-state index contributed by atoms with van der Waals surface area (Å²) in [6, 6.07) is 16.1. The second-order valence-electron chi connectivity index (χ2n) is 8.89. The zero-order valence-corrected chi connectivity index (χ0v) is 17.3. The Morgan fingerprint density at radius 2 is 1.32 bits per heavy atom. The standard InChI is InChI=1S/C25H31NO2/c1-25(19-6-4-7-20(25)9-5-8-19)21-12-16-23(17-13-21)28-22-14-10-18(11-15-22)24(27)26(2)3/h10-17,19-20H,4-9H2,1-3H3. The number of fused-ring (bicyclic) bond motifs is 2. The molecule has 2 aromatic carbocycles. The number of nitrogens with zero attached hydrogens (tertiary/aromatic N) is 1. The molecular formula is C25H31NO2. The van der Waals surface area contributed by atoms with E-state index in [1.165, 1.54) is 44.1 Å². The van der Waals surface area contributed by atoms with Gasteiger partial charge in [-0.05, 0) is 84.9 Å². The van der Waals surface area contributed by atoms with Gasteiger partial charge >= 0.3 is 0 Å². The van der Waals surface area contributed by atoms with Crippen LogP contribution in [0.2, 0.25) is 0 Å². The molecule has 0 radical (unpaired) electrons. The van der Waals surface area contributed by atoms with Crippen LogP contribution in [0.15, 0.2) is 48.5 Å². The van der Waals surface area contributed by atoms with E-state index in [9.17, 15) is 4.79 Å². The molecule has 2 aromatic rings. The Bertz CT molecular complexity index is 801. The van der Waals surface area contributed by atoms with Gasteiger partial charge in [0.05, 0.1) is 0 Å². The lowest BCUT2D eigenvalue weighted by molar-refractivity contribution is 0.0666. The van der Waals surface area contributed by atoms with Crippen molar-refractivity contribution in [2.24, 2.45) is 11.8 Å². The molecule has 2 aliphatic rings. The van der Waals surface area contributed by atoms with Gasteiger partial charge in [-0.15, -0.1) is 0 Å². The van der Waals surface area contributed by atoms with E-state index in [4.69, 9.17) is 4.74 Å². The van der Waals surface area contributed by atoms with E-state index in [0.29, 0.717) is 11.0 Å². The zero-order valence-electron chi connectivity index (χ0n) is 17.3. The number of amides is 1. The second kappa shape index (κ2) is 7.62. The van der Waals surface area contributed by atoms with Crippen LogP contribution in [-0.4, -0.2) is 24.9 Å². The summed E-state index contributed by atoms with van der Waals surface area (Å²) < 4.78 is 6.02. The average Bonchev–Trinajstić information content (AvgIpc) is 2.68. The van der Waals surface area contributed by atoms with E-state index in [0.717, 1.165) is 23.3 Å². The summed E-state index contributed by atoms with van der Waals surface area (Å²) in [5, 5.41) is 0. The van der Waals surface area contributed by atoms with Crippen molar-refractivity contribution in [3.05, 3.63) is 59.7 Å². The van der Waals surface area contributed by atoms with Crippen LogP contribution in [0.3, 0.4) is 0 Å². The Labute approximate surface area is 168 Å². The molecule has 1 amide bonds. The third kappa shape index (κ3) is 3.43. The molecule has 28 heavy (non-hydrogen) atoms. The minimum absolute atomic E-state index is 0.00202. The second-order valence-corrected chi connectivity index (χ2v) is 8.89. The molecule has 0 atom stereocenters. The summed E-state index contributed by atoms with van der Waals surface area (Å²) in [5.74, 6) is 3.26. The van der Waals surface area contributed by atoms with Gasteiger partial charge in [0.2, 0.25) is 0 Å².